The molecule has 0 heterocycles. The number of carbonyl (C=O) groups excluding carboxylic acids is 1. The maximum absolute atomic E-state index is 10.4. The molecule has 2 nitrogen and oxygen atoms in total. The molecular formula is C8H12ClNO. The van der Waals surface area contributed by atoms with Crippen LogP contribution < -0.4 is 5.32 Å². The number of allylic oxidation sites excluding steroid dienone is 2. The van der Waals surface area contributed by atoms with Crippen molar-refractivity contribution in [2.45, 2.75) is 25.7 Å². The molecule has 1 rings (SSSR count). The molecule has 0 unspecified atom stereocenters. The van der Waals surface area contributed by atoms with Crippen LogP contribution >= 0.6 is 11.6 Å². The van der Waals surface area contributed by atoms with Crippen LogP contribution in [0.3, 0.4) is 0 Å². The van der Waals surface area contributed by atoms with Gasteiger partial charge in [0, 0.05) is 5.70 Å². The second-order valence-electron chi connectivity index (χ2n) is 2.68. The standard InChI is InChI=1S/C8H12ClNO/c9-8(11)6-10-7-4-2-1-3-5-7/h4,10H,1-3,5-6H2. The summed E-state index contributed by atoms with van der Waals surface area (Å²) in [7, 11) is 0. The lowest BCUT2D eigenvalue weighted by molar-refractivity contribution is -0.110. The van der Waals surface area contributed by atoms with E-state index in [1.807, 2.05) is 0 Å². The highest BCUT2D eigenvalue weighted by Crippen LogP contribution is 2.14. The van der Waals surface area contributed by atoms with Gasteiger partial charge < -0.3 is 5.32 Å². The lowest BCUT2D eigenvalue weighted by atomic mass is 10.1. The topological polar surface area (TPSA) is 29.1 Å². The van der Waals surface area contributed by atoms with Gasteiger partial charge in [0.1, 0.15) is 0 Å². The molecule has 3 heteroatoms. The second-order valence-corrected chi connectivity index (χ2v) is 3.11. The molecule has 0 aromatic rings. The van der Waals surface area contributed by atoms with Gasteiger partial charge >= 0.3 is 0 Å². The SMILES string of the molecule is O=C(Cl)CNC1=CCCCC1. The van der Waals surface area contributed by atoms with Crippen LogP contribution in [0.2, 0.25) is 0 Å². The molecular weight excluding hydrogens is 162 g/mol. The molecule has 0 aromatic heterocycles. The molecule has 0 spiro atoms. The van der Waals surface area contributed by atoms with Gasteiger partial charge in [-0.2, -0.15) is 0 Å². The van der Waals surface area contributed by atoms with Gasteiger partial charge in [-0.15, -0.1) is 0 Å². The van der Waals surface area contributed by atoms with E-state index in [1.54, 1.807) is 0 Å². The van der Waals surface area contributed by atoms with Gasteiger partial charge in [-0.25, -0.2) is 0 Å². The van der Waals surface area contributed by atoms with Crippen molar-refractivity contribution in [3.8, 4) is 0 Å². The first kappa shape index (κ1) is 8.60. The molecule has 0 saturated heterocycles. The van der Waals surface area contributed by atoms with Gasteiger partial charge in [0.2, 0.25) is 5.24 Å². The molecule has 0 aromatic carbocycles. The zero-order valence-corrected chi connectivity index (χ0v) is 7.16. The van der Waals surface area contributed by atoms with Crippen LogP contribution in [0.4, 0.5) is 0 Å². The Morgan fingerprint density at radius 3 is 3.00 bits per heavy atom. The first-order valence-electron chi connectivity index (χ1n) is 3.90. The van der Waals surface area contributed by atoms with Gasteiger partial charge in [0.05, 0.1) is 6.54 Å². The van der Waals surface area contributed by atoms with Crippen molar-refractivity contribution in [3.63, 3.8) is 0 Å². The third-order valence-corrected chi connectivity index (χ3v) is 1.88. The molecule has 0 aliphatic heterocycles. The second kappa shape index (κ2) is 4.39. The molecule has 11 heavy (non-hydrogen) atoms. The van der Waals surface area contributed by atoms with Crippen molar-refractivity contribution < 1.29 is 4.79 Å². The fourth-order valence-corrected chi connectivity index (χ4v) is 1.25. The van der Waals surface area contributed by atoms with Crippen LogP contribution in [0.5, 0.6) is 0 Å². The van der Waals surface area contributed by atoms with Crippen LogP contribution in [0.25, 0.3) is 0 Å². The Morgan fingerprint density at radius 1 is 1.64 bits per heavy atom. The molecule has 0 atom stereocenters. The van der Waals surface area contributed by atoms with Crippen molar-refractivity contribution in [2.24, 2.45) is 0 Å². The summed E-state index contributed by atoms with van der Waals surface area (Å²) in [5.74, 6) is 0. The summed E-state index contributed by atoms with van der Waals surface area (Å²) in [5.41, 5.74) is 1.17. The highest BCUT2D eigenvalue weighted by Gasteiger charge is 2.03. The maximum atomic E-state index is 10.4. The summed E-state index contributed by atoms with van der Waals surface area (Å²) in [6, 6.07) is 0. The minimum Gasteiger partial charge on any atom is -0.380 e. The van der Waals surface area contributed by atoms with Crippen LogP contribution in [-0.4, -0.2) is 11.8 Å². The molecule has 0 radical (unpaired) electrons. The van der Waals surface area contributed by atoms with Crippen LogP contribution in [0.1, 0.15) is 25.7 Å². The quantitative estimate of drug-likeness (QED) is 0.660. The Bertz CT molecular complexity index is 177. The van der Waals surface area contributed by atoms with E-state index in [0.717, 1.165) is 12.8 Å². The Labute approximate surface area is 71.6 Å². The van der Waals surface area contributed by atoms with E-state index in [9.17, 15) is 4.79 Å². The Balaban J connectivity index is 2.24. The van der Waals surface area contributed by atoms with E-state index < -0.39 is 0 Å². The number of hydrogen-bond acceptors (Lipinski definition) is 2. The van der Waals surface area contributed by atoms with Gasteiger partial charge in [-0.05, 0) is 37.3 Å². The third-order valence-electron chi connectivity index (χ3n) is 1.75. The Kier molecular flexibility index (Phi) is 3.43. The molecule has 0 fully saturated rings. The smallest absolute Gasteiger partial charge is 0.240 e. The molecule has 0 saturated carbocycles. The minimum atomic E-state index is -0.323. The van der Waals surface area contributed by atoms with Crippen molar-refractivity contribution in [1.29, 1.82) is 0 Å². The average molecular weight is 174 g/mol. The van der Waals surface area contributed by atoms with Crippen molar-refractivity contribution >= 4 is 16.8 Å². The molecule has 1 aliphatic carbocycles. The Morgan fingerprint density at radius 2 is 2.45 bits per heavy atom. The van der Waals surface area contributed by atoms with E-state index in [1.165, 1.54) is 18.5 Å². The van der Waals surface area contributed by atoms with Gasteiger partial charge in [-0.1, -0.05) is 6.08 Å². The summed E-state index contributed by atoms with van der Waals surface area (Å²) < 4.78 is 0. The van der Waals surface area contributed by atoms with Crippen molar-refractivity contribution in [2.75, 3.05) is 6.54 Å². The lowest BCUT2D eigenvalue weighted by Gasteiger charge is -2.12. The third kappa shape index (κ3) is 3.42. The number of hydrogen-bond donors (Lipinski definition) is 1. The van der Waals surface area contributed by atoms with Crippen molar-refractivity contribution in [1.82, 2.24) is 5.32 Å². The number of halogens is 1. The Hall–Kier alpha value is -0.500. The number of carbonyl (C=O) groups is 1. The predicted octanol–water partition coefficient (Wildman–Crippen LogP) is 1.80. The summed E-state index contributed by atoms with van der Waals surface area (Å²) in [6.07, 6.45) is 6.81. The average Bonchev–Trinajstić information content (AvgIpc) is 2.03. The van der Waals surface area contributed by atoms with E-state index >= 15 is 0 Å². The lowest BCUT2D eigenvalue weighted by Crippen LogP contribution is -2.20. The molecule has 62 valence electrons. The molecule has 1 aliphatic rings. The largest absolute Gasteiger partial charge is 0.380 e. The first-order valence-corrected chi connectivity index (χ1v) is 4.28. The van der Waals surface area contributed by atoms with E-state index in [0.29, 0.717) is 0 Å². The molecule has 0 bridgehead atoms. The maximum Gasteiger partial charge on any atom is 0.240 e. The van der Waals surface area contributed by atoms with E-state index in [4.69, 9.17) is 11.6 Å². The number of rotatable bonds is 3. The van der Waals surface area contributed by atoms with Gasteiger partial charge in [0.25, 0.3) is 0 Å². The summed E-state index contributed by atoms with van der Waals surface area (Å²) >= 11 is 5.17. The predicted molar refractivity (Wildman–Crippen MR) is 45.4 cm³/mol. The van der Waals surface area contributed by atoms with Crippen LogP contribution in [0, 0.1) is 0 Å². The zero-order valence-electron chi connectivity index (χ0n) is 6.40. The van der Waals surface area contributed by atoms with E-state index in [-0.39, 0.29) is 11.8 Å². The summed E-state index contributed by atoms with van der Waals surface area (Å²) in [4.78, 5) is 10.4. The normalized spacial score (nSPS) is 17.4. The fraction of sp³-hybridized carbons (Fsp3) is 0.625. The van der Waals surface area contributed by atoms with Crippen LogP contribution in [0.15, 0.2) is 11.8 Å². The van der Waals surface area contributed by atoms with Gasteiger partial charge in [-0.3, -0.25) is 4.79 Å². The summed E-state index contributed by atoms with van der Waals surface area (Å²) in [5, 5.41) is 2.68. The molecule has 0 amide bonds. The highest BCUT2D eigenvalue weighted by molar-refractivity contribution is 6.64. The minimum absolute atomic E-state index is 0.257. The monoisotopic (exact) mass is 173 g/mol. The van der Waals surface area contributed by atoms with Crippen molar-refractivity contribution in [3.05, 3.63) is 11.8 Å². The van der Waals surface area contributed by atoms with Crippen LogP contribution in [-0.2, 0) is 4.79 Å². The number of nitrogens with one attached hydrogen (secondary N) is 1. The summed E-state index contributed by atoms with van der Waals surface area (Å²) in [6.45, 7) is 0.257. The van der Waals surface area contributed by atoms with E-state index in [2.05, 4.69) is 11.4 Å². The fourth-order valence-electron chi connectivity index (χ4n) is 1.18. The highest BCUT2D eigenvalue weighted by atomic mass is 35.5. The molecule has 1 N–H and O–H groups in total. The zero-order chi connectivity index (χ0) is 8.10. The van der Waals surface area contributed by atoms with Gasteiger partial charge in [0.15, 0.2) is 0 Å². The first-order chi connectivity index (χ1) is 5.29.